The van der Waals surface area contributed by atoms with Crippen molar-refractivity contribution in [2.45, 2.75) is 18.9 Å². The molecular weight excluding hydrogens is 271 g/mol. The van der Waals surface area contributed by atoms with Crippen molar-refractivity contribution in [1.82, 2.24) is 5.32 Å². The first kappa shape index (κ1) is 11.9. The Morgan fingerprint density at radius 2 is 2.06 bits per heavy atom. The summed E-state index contributed by atoms with van der Waals surface area (Å²) in [6, 6.07) is 5.71. The summed E-state index contributed by atoms with van der Waals surface area (Å²) < 4.78 is 14.6. The van der Waals surface area contributed by atoms with Gasteiger partial charge in [0, 0.05) is 23.6 Å². The van der Waals surface area contributed by atoms with Crippen LogP contribution in [0.3, 0.4) is 0 Å². The van der Waals surface area contributed by atoms with Crippen LogP contribution in [0, 0.1) is 5.82 Å². The molecule has 1 aromatic rings. The van der Waals surface area contributed by atoms with E-state index in [1.165, 1.54) is 6.07 Å². The van der Waals surface area contributed by atoms with Crippen LogP contribution in [-0.4, -0.2) is 26.2 Å². The molecule has 2 rings (SSSR count). The summed E-state index contributed by atoms with van der Waals surface area (Å²) in [6.45, 7) is 1.82. The molecule has 88 valence electrons. The van der Waals surface area contributed by atoms with E-state index in [1.807, 2.05) is 13.1 Å². The number of hydrogen-bond donors (Lipinski definition) is 1. The van der Waals surface area contributed by atoms with Crippen LogP contribution in [0.25, 0.3) is 0 Å². The van der Waals surface area contributed by atoms with E-state index >= 15 is 0 Å². The summed E-state index contributed by atoms with van der Waals surface area (Å²) in [7, 11) is 1.99. The number of hydrogen-bond acceptors (Lipinski definition) is 2. The van der Waals surface area contributed by atoms with Crippen molar-refractivity contribution in [3.63, 3.8) is 0 Å². The normalized spacial score (nSPS) is 17.8. The van der Waals surface area contributed by atoms with Gasteiger partial charge in [-0.2, -0.15) is 0 Å². The predicted molar refractivity (Wildman–Crippen MR) is 68.4 cm³/mol. The van der Waals surface area contributed by atoms with Gasteiger partial charge >= 0.3 is 0 Å². The van der Waals surface area contributed by atoms with E-state index in [2.05, 4.69) is 26.1 Å². The largest absolute Gasteiger partial charge is 0.368 e. The minimum absolute atomic E-state index is 0.141. The highest BCUT2D eigenvalue weighted by Crippen LogP contribution is 2.31. The maximum atomic E-state index is 13.7. The Bertz CT molecular complexity index is 342. The maximum absolute atomic E-state index is 13.7. The molecule has 1 heterocycles. The third-order valence-electron chi connectivity index (χ3n) is 3.16. The smallest absolute Gasteiger partial charge is 0.147 e. The molecule has 0 radical (unpaired) electrons. The van der Waals surface area contributed by atoms with Gasteiger partial charge in [0.1, 0.15) is 5.82 Å². The molecule has 1 fully saturated rings. The molecule has 0 bridgehead atoms. The molecule has 1 aliphatic heterocycles. The molecule has 0 spiro atoms. The lowest BCUT2D eigenvalue weighted by atomic mass is 10.0. The lowest BCUT2D eigenvalue weighted by Gasteiger charge is -2.34. The summed E-state index contributed by atoms with van der Waals surface area (Å²) in [6.07, 6.45) is 2.13. The average molecular weight is 287 g/mol. The summed E-state index contributed by atoms with van der Waals surface area (Å²) in [5.74, 6) is -0.141. The maximum Gasteiger partial charge on any atom is 0.147 e. The number of rotatable bonds is 2. The van der Waals surface area contributed by atoms with Gasteiger partial charge in [-0.15, -0.1) is 0 Å². The highest BCUT2D eigenvalue weighted by Gasteiger charge is 2.21. The zero-order chi connectivity index (χ0) is 11.5. The van der Waals surface area contributed by atoms with Gasteiger partial charge in [0.2, 0.25) is 0 Å². The molecule has 0 saturated carbocycles. The highest BCUT2D eigenvalue weighted by molar-refractivity contribution is 9.10. The van der Waals surface area contributed by atoms with E-state index in [9.17, 15) is 4.39 Å². The molecule has 1 saturated heterocycles. The van der Waals surface area contributed by atoms with Crippen molar-refractivity contribution in [3.05, 3.63) is 28.5 Å². The van der Waals surface area contributed by atoms with Crippen LogP contribution in [0.15, 0.2) is 22.7 Å². The second kappa shape index (κ2) is 5.15. The van der Waals surface area contributed by atoms with Crippen LogP contribution in [0.1, 0.15) is 12.8 Å². The summed E-state index contributed by atoms with van der Waals surface area (Å²) in [4.78, 5) is 2.12. The lowest BCUT2D eigenvalue weighted by molar-refractivity contribution is 0.438. The van der Waals surface area contributed by atoms with Gasteiger partial charge in [0.05, 0.1) is 5.69 Å². The summed E-state index contributed by atoms with van der Waals surface area (Å²) in [5.41, 5.74) is 0.706. The highest BCUT2D eigenvalue weighted by atomic mass is 79.9. The minimum atomic E-state index is -0.141. The molecule has 16 heavy (non-hydrogen) atoms. The van der Waals surface area contributed by atoms with Crippen molar-refractivity contribution < 1.29 is 4.39 Å². The molecular formula is C12H16BrFN2. The standard InChI is InChI=1S/C12H16BrFN2/c1-15-9-5-7-16(8-6-9)12-10(13)3-2-4-11(12)14/h2-4,9,15H,5-8H2,1H3. The number of anilines is 1. The van der Waals surface area contributed by atoms with Gasteiger partial charge in [0.25, 0.3) is 0 Å². The third-order valence-corrected chi connectivity index (χ3v) is 3.80. The first-order chi connectivity index (χ1) is 7.72. The Morgan fingerprint density at radius 3 is 2.62 bits per heavy atom. The van der Waals surface area contributed by atoms with Gasteiger partial charge < -0.3 is 10.2 Å². The van der Waals surface area contributed by atoms with Crippen molar-refractivity contribution in [2.24, 2.45) is 0 Å². The first-order valence-corrected chi connectivity index (χ1v) is 6.38. The molecule has 1 aliphatic rings. The van der Waals surface area contributed by atoms with Gasteiger partial charge in [-0.3, -0.25) is 0 Å². The SMILES string of the molecule is CNC1CCN(c2c(F)cccc2Br)CC1. The molecule has 0 aromatic heterocycles. The Labute approximate surface area is 104 Å². The third kappa shape index (κ3) is 2.38. The summed E-state index contributed by atoms with van der Waals surface area (Å²) in [5, 5.41) is 3.27. The number of benzene rings is 1. The van der Waals surface area contributed by atoms with Crippen LogP contribution < -0.4 is 10.2 Å². The van der Waals surface area contributed by atoms with Crippen LogP contribution >= 0.6 is 15.9 Å². The molecule has 1 N–H and O–H groups in total. The number of nitrogens with one attached hydrogen (secondary N) is 1. The van der Waals surface area contributed by atoms with E-state index in [4.69, 9.17) is 0 Å². The number of piperidine rings is 1. The van der Waals surface area contributed by atoms with Crippen molar-refractivity contribution >= 4 is 21.6 Å². The van der Waals surface area contributed by atoms with E-state index in [0.29, 0.717) is 11.7 Å². The number of para-hydroxylation sites is 1. The lowest BCUT2D eigenvalue weighted by Crippen LogP contribution is -2.41. The topological polar surface area (TPSA) is 15.3 Å². The number of nitrogens with zero attached hydrogens (tertiary/aromatic N) is 1. The Hall–Kier alpha value is -0.610. The molecule has 0 unspecified atom stereocenters. The zero-order valence-corrected chi connectivity index (χ0v) is 10.9. The fraction of sp³-hybridized carbons (Fsp3) is 0.500. The Balaban J connectivity index is 2.14. The molecule has 0 atom stereocenters. The average Bonchev–Trinajstić information content (AvgIpc) is 2.30. The predicted octanol–water partition coefficient (Wildman–Crippen LogP) is 2.78. The van der Waals surface area contributed by atoms with E-state index in [-0.39, 0.29) is 5.82 Å². The van der Waals surface area contributed by atoms with Crippen molar-refractivity contribution in [2.75, 3.05) is 25.0 Å². The Morgan fingerprint density at radius 1 is 1.38 bits per heavy atom. The quantitative estimate of drug-likeness (QED) is 0.899. The molecule has 0 amide bonds. The monoisotopic (exact) mass is 286 g/mol. The van der Waals surface area contributed by atoms with E-state index in [1.54, 1.807) is 6.07 Å². The van der Waals surface area contributed by atoms with Crippen molar-refractivity contribution in [1.29, 1.82) is 0 Å². The van der Waals surface area contributed by atoms with Gasteiger partial charge in [-0.05, 0) is 48.0 Å². The molecule has 0 aliphatic carbocycles. The van der Waals surface area contributed by atoms with Gasteiger partial charge in [-0.1, -0.05) is 6.07 Å². The van der Waals surface area contributed by atoms with Crippen LogP contribution in [0.2, 0.25) is 0 Å². The second-order valence-corrected chi connectivity index (χ2v) is 4.97. The first-order valence-electron chi connectivity index (χ1n) is 5.58. The molecule has 4 heteroatoms. The summed E-state index contributed by atoms with van der Waals surface area (Å²) >= 11 is 3.42. The fourth-order valence-electron chi connectivity index (χ4n) is 2.18. The Kier molecular flexibility index (Phi) is 3.82. The fourth-order valence-corrected chi connectivity index (χ4v) is 2.78. The van der Waals surface area contributed by atoms with Gasteiger partial charge in [-0.25, -0.2) is 4.39 Å². The second-order valence-electron chi connectivity index (χ2n) is 4.12. The molecule has 1 aromatic carbocycles. The minimum Gasteiger partial charge on any atom is -0.368 e. The number of halogens is 2. The van der Waals surface area contributed by atoms with Crippen LogP contribution in [0.5, 0.6) is 0 Å². The van der Waals surface area contributed by atoms with Crippen LogP contribution in [-0.2, 0) is 0 Å². The zero-order valence-electron chi connectivity index (χ0n) is 9.34. The van der Waals surface area contributed by atoms with Crippen LogP contribution in [0.4, 0.5) is 10.1 Å². The van der Waals surface area contributed by atoms with E-state index in [0.717, 1.165) is 30.4 Å². The van der Waals surface area contributed by atoms with Gasteiger partial charge in [0.15, 0.2) is 0 Å². The van der Waals surface area contributed by atoms with E-state index < -0.39 is 0 Å². The molecule has 2 nitrogen and oxygen atoms in total. The van der Waals surface area contributed by atoms with Crippen molar-refractivity contribution in [3.8, 4) is 0 Å².